The zero-order chi connectivity index (χ0) is 15.1. The van der Waals surface area contributed by atoms with Gasteiger partial charge >= 0.3 is 0 Å². The molecule has 1 aliphatic rings. The zero-order valence-corrected chi connectivity index (χ0v) is 13.2. The molecule has 3 nitrogen and oxygen atoms in total. The van der Waals surface area contributed by atoms with Crippen molar-refractivity contribution in [2.24, 2.45) is 5.41 Å². The Labute approximate surface area is 127 Å². The molecule has 0 spiro atoms. The van der Waals surface area contributed by atoms with Crippen LogP contribution in [0.2, 0.25) is 0 Å². The fourth-order valence-electron chi connectivity index (χ4n) is 3.02. The number of halogens is 1. The number of hydrogen-bond donors (Lipinski definition) is 1. The van der Waals surface area contributed by atoms with Gasteiger partial charge in [-0.15, -0.1) is 0 Å². The lowest BCUT2D eigenvalue weighted by Gasteiger charge is -2.41. The number of hydrogen-bond acceptors (Lipinski definition) is 3. The highest BCUT2D eigenvalue weighted by Gasteiger charge is 2.33. The molecule has 1 N–H and O–H groups in total. The second kappa shape index (κ2) is 7.76. The van der Waals surface area contributed by atoms with E-state index in [1.165, 1.54) is 12.1 Å². The molecule has 1 heterocycles. The molecule has 118 valence electrons. The van der Waals surface area contributed by atoms with Gasteiger partial charge in [-0.1, -0.05) is 6.92 Å². The number of ether oxygens (including phenoxy) is 1. The zero-order valence-electron chi connectivity index (χ0n) is 13.2. The van der Waals surface area contributed by atoms with Gasteiger partial charge in [-0.25, -0.2) is 4.39 Å². The molecule has 0 aliphatic carbocycles. The van der Waals surface area contributed by atoms with Crippen molar-refractivity contribution in [3.8, 4) is 0 Å². The van der Waals surface area contributed by atoms with Crippen molar-refractivity contribution in [2.45, 2.75) is 26.2 Å². The summed E-state index contributed by atoms with van der Waals surface area (Å²) >= 11 is 0. The van der Waals surface area contributed by atoms with Gasteiger partial charge in [-0.3, -0.25) is 0 Å². The van der Waals surface area contributed by atoms with Crippen LogP contribution in [0, 0.1) is 11.2 Å². The van der Waals surface area contributed by atoms with Crippen molar-refractivity contribution in [1.82, 2.24) is 5.32 Å². The summed E-state index contributed by atoms with van der Waals surface area (Å²) < 4.78 is 18.6. The van der Waals surface area contributed by atoms with E-state index in [1.807, 2.05) is 12.1 Å². The minimum atomic E-state index is -0.183. The van der Waals surface area contributed by atoms with E-state index >= 15 is 0 Å². The highest BCUT2D eigenvalue weighted by Crippen LogP contribution is 2.32. The van der Waals surface area contributed by atoms with Gasteiger partial charge in [0, 0.05) is 44.5 Å². The standard InChI is InChI=1S/C17H27FN2O/c1-3-10-19-13-17(8-11-21-12-9-17)14-20(2)16-6-4-15(18)5-7-16/h4-7,19H,3,8-14H2,1-2H3. The van der Waals surface area contributed by atoms with Gasteiger partial charge in [0.1, 0.15) is 5.82 Å². The Hall–Kier alpha value is -1.13. The molecule has 1 aliphatic heterocycles. The Kier molecular flexibility index (Phi) is 6.00. The second-order valence-corrected chi connectivity index (χ2v) is 6.12. The van der Waals surface area contributed by atoms with E-state index in [0.29, 0.717) is 0 Å². The minimum Gasteiger partial charge on any atom is -0.381 e. The van der Waals surface area contributed by atoms with Gasteiger partial charge in [0.15, 0.2) is 0 Å². The molecule has 0 radical (unpaired) electrons. The maximum absolute atomic E-state index is 13.0. The quantitative estimate of drug-likeness (QED) is 0.782. The van der Waals surface area contributed by atoms with Gasteiger partial charge in [0.2, 0.25) is 0 Å². The van der Waals surface area contributed by atoms with Crippen LogP contribution in [0.4, 0.5) is 10.1 Å². The average molecular weight is 294 g/mol. The lowest BCUT2D eigenvalue weighted by molar-refractivity contribution is 0.0189. The van der Waals surface area contributed by atoms with Crippen LogP contribution in [0.1, 0.15) is 26.2 Å². The van der Waals surface area contributed by atoms with Crippen LogP contribution in [0.25, 0.3) is 0 Å². The predicted octanol–water partition coefficient (Wildman–Crippen LogP) is 3.06. The molecule has 0 aromatic heterocycles. The van der Waals surface area contributed by atoms with Crippen molar-refractivity contribution >= 4 is 5.69 Å². The van der Waals surface area contributed by atoms with Crippen LogP contribution >= 0.6 is 0 Å². The summed E-state index contributed by atoms with van der Waals surface area (Å²) in [6.07, 6.45) is 3.31. The van der Waals surface area contributed by atoms with Crippen LogP contribution in [-0.4, -0.2) is 39.9 Å². The first-order valence-electron chi connectivity index (χ1n) is 7.90. The Morgan fingerprint density at radius 1 is 1.24 bits per heavy atom. The molecule has 0 bridgehead atoms. The first kappa shape index (κ1) is 16.2. The van der Waals surface area contributed by atoms with Gasteiger partial charge < -0.3 is 15.0 Å². The molecule has 0 atom stereocenters. The maximum atomic E-state index is 13.0. The SMILES string of the molecule is CCCNCC1(CN(C)c2ccc(F)cc2)CCOCC1. The summed E-state index contributed by atoms with van der Waals surface area (Å²) in [4.78, 5) is 2.23. The topological polar surface area (TPSA) is 24.5 Å². The third-order valence-corrected chi connectivity index (χ3v) is 4.32. The fraction of sp³-hybridized carbons (Fsp3) is 0.647. The van der Waals surface area contributed by atoms with Crippen molar-refractivity contribution in [3.63, 3.8) is 0 Å². The van der Waals surface area contributed by atoms with Crippen LogP contribution in [-0.2, 0) is 4.74 Å². The van der Waals surface area contributed by atoms with Crippen LogP contribution in [0.5, 0.6) is 0 Å². The highest BCUT2D eigenvalue weighted by molar-refractivity contribution is 5.45. The van der Waals surface area contributed by atoms with Crippen LogP contribution in [0.15, 0.2) is 24.3 Å². The summed E-state index contributed by atoms with van der Waals surface area (Å²) in [6.45, 7) is 6.92. The smallest absolute Gasteiger partial charge is 0.123 e. The van der Waals surface area contributed by atoms with E-state index in [1.54, 1.807) is 0 Å². The molecule has 4 heteroatoms. The summed E-state index contributed by atoms with van der Waals surface area (Å²) in [6, 6.07) is 6.75. The van der Waals surface area contributed by atoms with Crippen molar-refractivity contribution < 1.29 is 9.13 Å². The number of nitrogens with one attached hydrogen (secondary N) is 1. The molecule has 2 rings (SSSR count). The molecule has 1 fully saturated rings. The van der Waals surface area contributed by atoms with E-state index < -0.39 is 0 Å². The maximum Gasteiger partial charge on any atom is 0.123 e. The Morgan fingerprint density at radius 3 is 2.52 bits per heavy atom. The van der Waals surface area contributed by atoms with E-state index in [-0.39, 0.29) is 11.2 Å². The van der Waals surface area contributed by atoms with Crippen LogP contribution < -0.4 is 10.2 Å². The summed E-state index contributed by atoms with van der Waals surface area (Å²) in [5.41, 5.74) is 1.31. The third kappa shape index (κ3) is 4.68. The van der Waals surface area contributed by atoms with Crippen molar-refractivity contribution in [2.75, 3.05) is 44.8 Å². The minimum absolute atomic E-state index is 0.183. The van der Waals surface area contributed by atoms with Crippen molar-refractivity contribution in [3.05, 3.63) is 30.1 Å². The molecule has 0 saturated carbocycles. The number of rotatable bonds is 7. The van der Waals surface area contributed by atoms with Gasteiger partial charge in [-0.05, 0) is 50.1 Å². The summed E-state index contributed by atoms with van der Waals surface area (Å²) in [5.74, 6) is -0.183. The average Bonchev–Trinajstić information content (AvgIpc) is 2.49. The molecule has 1 aromatic rings. The van der Waals surface area contributed by atoms with Gasteiger partial charge in [-0.2, -0.15) is 0 Å². The van der Waals surface area contributed by atoms with Crippen molar-refractivity contribution in [1.29, 1.82) is 0 Å². The second-order valence-electron chi connectivity index (χ2n) is 6.12. The Balaban J connectivity index is 2.01. The summed E-state index contributed by atoms with van der Waals surface area (Å²) in [5, 5.41) is 3.57. The van der Waals surface area contributed by atoms with E-state index in [9.17, 15) is 4.39 Å². The first-order chi connectivity index (χ1) is 10.2. The van der Waals surface area contributed by atoms with Crippen LogP contribution in [0.3, 0.4) is 0 Å². The van der Waals surface area contributed by atoms with E-state index in [2.05, 4.69) is 24.2 Å². The monoisotopic (exact) mass is 294 g/mol. The third-order valence-electron chi connectivity index (χ3n) is 4.32. The summed E-state index contributed by atoms with van der Waals surface area (Å²) in [7, 11) is 2.09. The van der Waals surface area contributed by atoms with E-state index in [4.69, 9.17) is 4.74 Å². The van der Waals surface area contributed by atoms with Gasteiger partial charge in [0.05, 0.1) is 0 Å². The number of anilines is 1. The largest absolute Gasteiger partial charge is 0.381 e. The lowest BCUT2D eigenvalue weighted by Crippen LogP contribution is -2.46. The van der Waals surface area contributed by atoms with Gasteiger partial charge in [0.25, 0.3) is 0 Å². The molecular weight excluding hydrogens is 267 g/mol. The highest BCUT2D eigenvalue weighted by atomic mass is 19.1. The molecule has 1 saturated heterocycles. The normalized spacial score (nSPS) is 17.7. The molecule has 21 heavy (non-hydrogen) atoms. The molecule has 0 unspecified atom stereocenters. The Morgan fingerprint density at radius 2 is 1.90 bits per heavy atom. The molecule has 1 aromatic carbocycles. The number of nitrogens with zero attached hydrogens (tertiary/aromatic N) is 1. The first-order valence-corrected chi connectivity index (χ1v) is 7.90. The lowest BCUT2D eigenvalue weighted by atomic mass is 9.79. The Bertz CT molecular complexity index is 415. The predicted molar refractivity (Wildman–Crippen MR) is 85.3 cm³/mol. The molecule has 0 amide bonds. The molecular formula is C17H27FN2O. The fourth-order valence-corrected chi connectivity index (χ4v) is 3.02. The van der Waals surface area contributed by atoms with E-state index in [0.717, 1.165) is 57.8 Å². The number of benzene rings is 1.